The molecular weight excluding hydrogens is 209 g/mol. The lowest BCUT2D eigenvalue weighted by atomic mass is 10.5. The Kier molecular flexibility index (Phi) is 4.41. The van der Waals surface area contributed by atoms with Gasteiger partial charge < -0.3 is 0 Å². The van der Waals surface area contributed by atoms with Gasteiger partial charge in [0.2, 0.25) is 0 Å². The lowest BCUT2D eigenvalue weighted by Gasteiger charge is -2.06. The van der Waals surface area contributed by atoms with E-state index < -0.39 is 35.1 Å². The molecule has 0 N–H and O–H groups in total. The van der Waals surface area contributed by atoms with E-state index >= 15 is 0 Å². The van der Waals surface area contributed by atoms with Crippen molar-refractivity contribution in [2.24, 2.45) is 0 Å². The molecule has 0 heterocycles. The molecule has 0 bridgehead atoms. The van der Waals surface area contributed by atoms with Crippen molar-refractivity contribution in [1.82, 2.24) is 0 Å². The number of hydrogen-bond acceptors (Lipinski definition) is 3. The molecule has 0 saturated carbocycles. The topological polar surface area (TPSA) is 43.4 Å². The third kappa shape index (κ3) is 7.79. The van der Waals surface area contributed by atoms with Gasteiger partial charge in [-0.05, 0) is 0 Å². The zero-order valence-corrected chi connectivity index (χ0v) is 7.49. The quantitative estimate of drug-likeness (QED) is 0.518. The van der Waals surface area contributed by atoms with Crippen LogP contribution in [-0.4, -0.2) is 27.0 Å². The van der Waals surface area contributed by atoms with Crippen LogP contribution >= 0.6 is 0 Å². The Labute approximate surface area is 74.3 Å². The summed E-state index contributed by atoms with van der Waals surface area (Å²) in [5.41, 5.74) is 0. The first-order chi connectivity index (χ1) is 5.77. The average Bonchev–Trinajstić information content (AvgIpc) is 1.82. The second-order valence-corrected chi connectivity index (χ2v) is 3.88. The van der Waals surface area contributed by atoms with E-state index in [2.05, 4.69) is 10.8 Å². The van der Waals surface area contributed by atoms with Gasteiger partial charge in [-0.15, -0.1) is 6.58 Å². The minimum atomic E-state index is -4.40. The predicted molar refractivity (Wildman–Crippen MR) is 40.6 cm³/mol. The van der Waals surface area contributed by atoms with Gasteiger partial charge in [0, 0.05) is 0 Å². The maximum Gasteiger partial charge on any atom is 0.391 e. The molecule has 0 aromatic heterocycles. The average molecular weight is 218 g/mol. The summed E-state index contributed by atoms with van der Waals surface area (Å²) in [6.45, 7) is 2.25. The Hall–Kier alpha value is -0.560. The van der Waals surface area contributed by atoms with E-state index in [1.54, 1.807) is 0 Å². The summed E-state index contributed by atoms with van der Waals surface area (Å²) in [7, 11) is -3.87. The Bertz CT molecular complexity index is 255. The van der Waals surface area contributed by atoms with Crippen molar-refractivity contribution >= 4 is 10.1 Å². The summed E-state index contributed by atoms with van der Waals surface area (Å²) in [6.07, 6.45) is -4.63. The molecule has 0 amide bonds. The van der Waals surface area contributed by atoms with E-state index in [1.165, 1.54) is 0 Å². The van der Waals surface area contributed by atoms with Crippen LogP contribution in [0.4, 0.5) is 13.2 Å². The highest BCUT2D eigenvalue weighted by Gasteiger charge is 2.27. The molecule has 0 radical (unpaired) electrons. The molecule has 0 spiro atoms. The van der Waals surface area contributed by atoms with Gasteiger partial charge in [0.05, 0.1) is 18.8 Å². The second-order valence-electron chi connectivity index (χ2n) is 2.20. The molecule has 0 rings (SSSR count). The van der Waals surface area contributed by atoms with E-state index in [-0.39, 0.29) is 0 Å². The minimum absolute atomic E-state index is 0.481. The van der Waals surface area contributed by atoms with Crippen LogP contribution in [0.25, 0.3) is 0 Å². The van der Waals surface area contributed by atoms with Crippen LogP contribution < -0.4 is 0 Å². The molecule has 0 aliphatic heterocycles. The van der Waals surface area contributed by atoms with E-state index in [0.29, 0.717) is 0 Å². The molecule has 0 saturated heterocycles. The lowest BCUT2D eigenvalue weighted by Crippen LogP contribution is -2.16. The smallest absolute Gasteiger partial charge is 0.270 e. The molecule has 0 aromatic rings. The normalized spacial score (nSPS) is 12.8. The van der Waals surface area contributed by atoms with Gasteiger partial charge in [0.15, 0.2) is 0 Å². The SMILES string of the molecule is C=CCS(=O)(=O)OCCC(F)(F)F. The molecule has 7 heteroatoms. The van der Waals surface area contributed by atoms with Crippen molar-refractivity contribution in [2.75, 3.05) is 12.4 Å². The van der Waals surface area contributed by atoms with Crippen LogP contribution in [0.1, 0.15) is 6.42 Å². The molecule has 0 fully saturated rings. The minimum Gasteiger partial charge on any atom is -0.270 e. The molecule has 0 aliphatic rings. The first kappa shape index (κ1) is 12.4. The zero-order chi connectivity index (χ0) is 10.5. The highest BCUT2D eigenvalue weighted by Crippen LogP contribution is 2.19. The molecule has 78 valence electrons. The summed E-state index contributed by atoms with van der Waals surface area (Å²) in [5, 5.41) is 0. The lowest BCUT2D eigenvalue weighted by molar-refractivity contribution is -0.139. The number of rotatable bonds is 5. The van der Waals surface area contributed by atoms with Gasteiger partial charge in [-0.2, -0.15) is 21.6 Å². The maximum atomic E-state index is 11.5. The Balaban J connectivity index is 3.84. The van der Waals surface area contributed by atoms with Crippen molar-refractivity contribution in [2.45, 2.75) is 12.6 Å². The summed E-state index contributed by atoms with van der Waals surface area (Å²) in [5.74, 6) is -0.481. The second kappa shape index (κ2) is 4.61. The van der Waals surface area contributed by atoms with Crippen molar-refractivity contribution in [3.63, 3.8) is 0 Å². The van der Waals surface area contributed by atoms with Gasteiger partial charge >= 0.3 is 6.18 Å². The molecule has 13 heavy (non-hydrogen) atoms. The van der Waals surface area contributed by atoms with Crippen molar-refractivity contribution in [3.05, 3.63) is 12.7 Å². The van der Waals surface area contributed by atoms with Gasteiger partial charge in [0.1, 0.15) is 0 Å². The van der Waals surface area contributed by atoms with Crippen LogP contribution in [0, 0.1) is 0 Å². The van der Waals surface area contributed by atoms with Crippen LogP contribution in [0.3, 0.4) is 0 Å². The van der Waals surface area contributed by atoms with E-state index in [1.807, 2.05) is 0 Å². The first-order valence-electron chi connectivity index (χ1n) is 3.31. The molecule has 3 nitrogen and oxygen atoms in total. The van der Waals surface area contributed by atoms with Crippen LogP contribution in [0.15, 0.2) is 12.7 Å². The monoisotopic (exact) mass is 218 g/mol. The van der Waals surface area contributed by atoms with Gasteiger partial charge in [0.25, 0.3) is 10.1 Å². The van der Waals surface area contributed by atoms with Crippen molar-refractivity contribution < 1.29 is 25.8 Å². The zero-order valence-electron chi connectivity index (χ0n) is 6.67. The standard InChI is InChI=1S/C6H9F3O3S/c1-2-5-13(10,11)12-4-3-6(7,8)9/h2H,1,3-5H2. The van der Waals surface area contributed by atoms with Gasteiger partial charge in [-0.3, -0.25) is 4.18 Å². The molecule has 0 aromatic carbocycles. The highest BCUT2D eigenvalue weighted by molar-refractivity contribution is 7.86. The largest absolute Gasteiger partial charge is 0.391 e. The molecule has 0 atom stereocenters. The van der Waals surface area contributed by atoms with Crippen LogP contribution in [0.2, 0.25) is 0 Å². The number of halogens is 3. The van der Waals surface area contributed by atoms with Crippen molar-refractivity contribution in [3.8, 4) is 0 Å². The van der Waals surface area contributed by atoms with Crippen molar-refractivity contribution in [1.29, 1.82) is 0 Å². The number of hydrogen-bond donors (Lipinski definition) is 0. The van der Waals surface area contributed by atoms with Gasteiger partial charge in [-0.1, -0.05) is 6.08 Å². The summed E-state index contributed by atoms with van der Waals surface area (Å²) in [6, 6.07) is 0. The third-order valence-corrected chi connectivity index (χ3v) is 2.14. The fourth-order valence-corrected chi connectivity index (χ4v) is 1.20. The maximum absolute atomic E-state index is 11.5. The summed E-state index contributed by atoms with van der Waals surface area (Å²) < 4.78 is 59.9. The van der Waals surface area contributed by atoms with Crippen LogP contribution in [0.5, 0.6) is 0 Å². The van der Waals surface area contributed by atoms with E-state index in [4.69, 9.17) is 0 Å². The summed E-state index contributed by atoms with van der Waals surface area (Å²) in [4.78, 5) is 0. The number of alkyl halides is 3. The Morgan fingerprint density at radius 3 is 2.31 bits per heavy atom. The van der Waals surface area contributed by atoms with Crippen LogP contribution in [-0.2, 0) is 14.3 Å². The summed E-state index contributed by atoms with van der Waals surface area (Å²) >= 11 is 0. The fourth-order valence-electron chi connectivity index (χ4n) is 0.477. The molecule has 0 aliphatic carbocycles. The third-order valence-electron chi connectivity index (χ3n) is 0.970. The molecule has 0 unspecified atom stereocenters. The Morgan fingerprint density at radius 2 is 1.92 bits per heavy atom. The highest BCUT2D eigenvalue weighted by atomic mass is 32.2. The first-order valence-corrected chi connectivity index (χ1v) is 4.89. The molecular formula is C6H9F3O3S. The van der Waals surface area contributed by atoms with Gasteiger partial charge in [-0.25, -0.2) is 0 Å². The van der Waals surface area contributed by atoms with E-state index in [0.717, 1.165) is 6.08 Å². The Morgan fingerprint density at radius 1 is 1.38 bits per heavy atom. The predicted octanol–water partition coefficient (Wildman–Crippen LogP) is 1.47. The van der Waals surface area contributed by atoms with E-state index in [9.17, 15) is 21.6 Å². The fraction of sp³-hybridized carbons (Fsp3) is 0.667.